The summed E-state index contributed by atoms with van der Waals surface area (Å²) < 4.78 is 5.60. The summed E-state index contributed by atoms with van der Waals surface area (Å²) in [7, 11) is 0. The van der Waals surface area contributed by atoms with Gasteiger partial charge in [0.05, 0.1) is 6.54 Å². The summed E-state index contributed by atoms with van der Waals surface area (Å²) in [5, 5.41) is 5.17. The van der Waals surface area contributed by atoms with Gasteiger partial charge in [0.2, 0.25) is 11.8 Å². The largest absolute Gasteiger partial charge is 0.427 e. The van der Waals surface area contributed by atoms with Crippen LogP contribution < -0.4 is 10.1 Å². The number of hydrogen-bond acceptors (Lipinski definition) is 5. The molecule has 4 aromatic carbocycles. The molecule has 0 aromatic heterocycles. The number of ether oxygens (including phenoxy) is 1. The summed E-state index contributed by atoms with van der Waals surface area (Å²) >= 11 is 0. The fourth-order valence-electron chi connectivity index (χ4n) is 7.22. The number of hydrogen-bond donors (Lipinski definition) is 1. The lowest BCUT2D eigenvalue weighted by Crippen LogP contribution is -2.72. The highest BCUT2D eigenvalue weighted by atomic mass is 16.5. The van der Waals surface area contributed by atoms with Crippen molar-refractivity contribution in [2.24, 2.45) is 0 Å². The van der Waals surface area contributed by atoms with Crippen LogP contribution in [0.25, 0.3) is 10.8 Å². The number of nitrogens with zero attached hydrogens (tertiary/aromatic N) is 3. The van der Waals surface area contributed by atoms with Gasteiger partial charge in [0.25, 0.3) is 0 Å². The quantitative estimate of drug-likeness (QED) is 0.0857. The number of unbranched alkanes of at least 4 members (excludes halogenated alkanes) is 5. The Balaban J connectivity index is 1.20. The minimum absolute atomic E-state index is 0.135. The van der Waals surface area contributed by atoms with Gasteiger partial charge in [-0.1, -0.05) is 124 Å². The normalized spacial score (nSPS) is 17.4. The van der Waals surface area contributed by atoms with Crippen LogP contribution in [0.4, 0.5) is 4.79 Å². The second-order valence-corrected chi connectivity index (χ2v) is 13.6. The molecule has 2 heterocycles. The van der Waals surface area contributed by atoms with E-state index in [2.05, 4.69) is 30.4 Å². The van der Waals surface area contributed by atoms with Crippen molar-refractivity contribution in [3.8, 4) is 5.75 Å². The van der Waals surface area contributed by atoms with E-state index >= 15 is 0 Å². The van der Waals surface area contributed by atoms with Gasteiger partial charge < -0.3 is 24.8 Å². The highest BCUT2D eigenvalue weighted by molar-refractivity contribution is 5.92. The van der Waals surface area contributed by atoms with Crippen LogP contribution in [-0.2, 0) is 33.9 Å². The fourth-order valence-corrected chi connectivity index (χ4v) is 7.22. The lowest BCUT2D eigenvalue weighted by atomic mass is 9.96. The molecule has 2 aliphatic rings. The molecule has 0 bridgehead atoms. The Kier molecular flexibility index (Phi) is 12.0. The number of carbonyl (C=O) groups excluding carboxylic acids is 4. The minimum Gasteiger partial charge on any atom is -0.427 e. The number of amides is 4. The number of nitrogens with one attached hydrogen (secondary N) is 1. The molecule has 9 nitrogen and oxygen atoms in total. The maximum Gasteiger partial charge on any atom is 0.319 e. The fraction of sp³-hybridized carbons (Fsp3) is 0.381. The van der Waals surface area contributed by atoms with Crippen LogP contribution in [0.5, 0.6) is 5.75 Å². The number of piperazine rings is 1. The standard InChI is InChI=1S/C42H48N4O5/c1-2-3-4-5-6-10-20-40(48)51-35-23-21-31(22-24-35)27-37-41(49)44(29-34-18-13-17-33-16-11-12-19-36(33)34)30-38-45(26-25-39(47)46(37)38)42(50)43-28-32-14-8-7-9-15-32/h7-9,11-19,21-24,37-38H,2-6,10,20,25-30H2,1H3,(H,43,50)/t37-,38?/m0/s1. The number of urea groups is 1. The summed E-state index contributed by atoms with van der Waals surface area (Å²) in [4.78, 5) is 59.3. The lowest BCUT2D eigenvalue weighted by molar-refractivity contribution is -0.167. The van der Waals surface area contributed by atoms with Crippen molar-refractivity contribution in [1.82, 2.24) is 20.0 Å². The van der Waals surface area contributed by atoms with Gasteiger partial charge in [0, 0.05) is 38.9 Å². The predicted molar refractivity (Wildman–Crippen MR) is 198 cm³/mol. The van der Waals surface area contributed by atoms with Gasteiger partial charge in [-0.25, -0.2) is 4.79 Å². The van der Waals surface area contributed by atoms with E-state index in [0.717, 1.165) is 46.7 Å². The average Bonchev–Trinajstić information content (AvgIpc) is 3.15. The summed E-state index contributed by atoms with van der Waals surface area (Å²) in [6, 6.07) is 30.0. The average molecular weight is 689 g/mol. The molecular formula is C42H48N4O5. The topological polar surface area (TPSA) is 99.3 Å². The Labute approximate surface area is 300 Å². The molecule has 4 aromatic rings. The van der Waals surface area contributed by atoms with Crippen LogP contribution in [0, 0.1) is 0 Å². The van der Waals surface area contributed by atoms with E-state index in [-0.39, 0.29) is 49.7 Å². The van der Waals surface area contributed by atoms with E-state index < -0.39 is 12.2 Å². The van der Waals surface area contributed by atoms with Crippen molar-refractivity contribution in [2.45, 2.75) is 90.0 Å². The van der Waals surface area contributed by atoms with E-state index in [4.69, 9.17) is 4.74 Å². The molecule has 0 aliphatic carbocycles. The van der Waals surface area contributed by atoms with E-state index in [9.17, 15) is 19.2 Å². The third-order valence-electron chi connectivity index (χ3n) is 9.96. The number of benzene rings is 4. The molecule has 2 aliphatic heterocycles. The first-order valence-electron chi connectivity index (χ1n) is 18.4. The predicted octanol–water partition coefficient (Wildman–Crippen LogP) is 7.22. The SMILES string of the molecule is CCCCCCCCC(=O)Oc1ccc(C[C@H]2C(=O)N(Cc3cccc4ccccc34)CC3N(C(=O)NCc4ccccc4)CCC(=O)N32)cc1. The van der Waals surface area contributed by atoms with Crippen molar-refractivity contribution >= 4 is 34.6 Å². The highest BCUT2D eigenvalue weighted by Crippen LogP contribution is 2.30. The molecule has 2 saturated heterocycles. The zero-order chi connectivity index (χ0) is 35.6. The van der Waals surface area contributed by atoms with Crippen LogP contribution in [0.3, 0.4) is 0 Å². The van der Waals surface area contributed by atoms with E-state index in [1.54, 1.807) is 26.8 Å². The van der Waals surface area contributed by atoms with Gasteiger partial charge >= 0.3 is 12.0 Å². The van der Waals surface area contributed by atoms with Gasteiger partial charge in [-0.3, -0.25) is 14.4 Å². The Hall–Kier alpha value is -5.18. The van der Waals surface area contributed by atoms with Gasteiger partial charge in [-0.15, -0.1) is 0 Å². The molecule has 51 heavy (non-hydrogen) atoms. The maximum absolute atomic E-state index is 14.4. The Morgan fingerprint density at radius 1 is 0.804 bits per heavy atom. The summed E-state index contributed by atoms with van der Waals surface area (Å²) in [5.41, 5.74) is 2.80. The third-order valence-corrected chi connectivity index (χ3v) is 9.96. The number of rotatable bonds is 14. The number of fused-ring (bicyclic) bond motifs is 2. The first-order chi connectivity index (χ1) is 24.9. The molecular weight excluding hydrogens is 640 g/mol. The van der Waals surface area contributed by atoms with Crippen molar-refractivity contribution in [1.29, 1.82) is 0 Å². The third kappa shape index (κ3) is 8.95. The van der Waals surface area contributed by atoms with Crippen LogP contribution in [0.1, 0.15) is 75.0 Å². The van der Waals surface area contributed by atoms with Gasteiger partial charge in [0.1, 0.15) is 18.0 Å². The van der Waals surface area contributed by atoms with Crippen LogP contribution in [-0.4, -0.2) is 63.8 Å². The van der Waals surface area contributed by atoms with Gasteiger partial charge in [-0.05, 0) is 46.0 Å². The zero-order valence-electron chi connectivity index (χ0n) is 29.5. The molecule has 2 atom stereocenters. The molecule has 9 heteroatoms. The maximum atomic E-state index is 14.4. The number of carbonyl (C=O) groups is 4. The second kappa shape index (κ2) is 17.2. The smallest absolute Gasteiger partial charge is 0.319 e. The van der Waals surface area contributed by atoms with Crippen LogP contribution in [0.2, 0.25) is 0 Å². The van der Waals surface area contributed by atoms with Crippen LogP contribution in [0.15, 0.2) is 97.1 Å². The van der Waals surface area contributed by atoms with E-state index in [0.29, 0.717) is 25.3 Å². The number of esters is 1. The molecule has 266 valence electrons. The van der Waals surface area contributed by atoms with Crippen molar-refractivity contribution < 1.29 is 23.9 Å². The van der Waals surface area contributed by atoms with Crippen molar-refractivity contribution in [3.63, 3.8) is 0 Å². The zero-order valence-corrected chi connectivity index (χ0v) is 29.5. The summed E-state index contributed by atoms with van der Waals surface area (Å²) in [5.74, 6) is -0.100. The monoisotopic (exact) mass is 688 g/mol. The highest BCUT2D eigenvalue weighted by Gasteiger charge is 2.48. The van der Waals surface area contributed by atoms with Crippen LogP contribution >= 0.6 is 0 Å². The Bertz CT molecular complexity index is 1810. The van der Waals surface area contributed by atoms with Crippen molar-refractivity contribution in [3.05, 3.63) is 114 Å². The Morgan fingerprint density at radius 3 is 2.33 bits per heavy atom. The van der Waals surface area contributed by atoms with E-state index in [1.807, 2.05) is 66.7 Å². The summed E-state index contributed by atoms with van der Waals surface area (Å²) in [6.07, 6.45) is 6.72. The van der Waals surface area contributed by atoms with Crippen molar-refractivity contribution in [2.75, 3.05) is 13.1 Å². The molecule has 0 spiro atoms. The first kappa shape index (κ1) is 35.6. The molecule has 2 fully saturated rings. The Morgan fingerprint density at radius 2 is 1.53 bits per heavy atom. The molecule has 6 rings (SSSR count). The second-order valence-electron chi connectivity index (χ2n) is 13.6. The van der Waals surface area contributed by atoms with Gasteiger partial charge in [0.15, 0.2) is 0 Å². The minimum atomic E-state index is -0.808. The van der Waals surface area contributed by atoms with Gasteiger partial charge in [-0.2, -0.15) is 0 Å². The lowest BCUT2D eigenvalue weighted by Gasteiger charge is -2.52. The summed E-state index contributed by atoms with van der Waals surface area (Å²) in [6.45, 7) is 3.36. The first-order valence-corrected chi connectivity index (χ1v) is 18.4. The molecule has 0 saturated carbocycles. The molecule has 1 unspecified atom stereocenters. The van der Waals surface area contributed by atoms with E-state index in [1.165, 1.54) is 19.3 Å². The molecule has 0 radical (unpaired) electrons. The molecule has 4 amide bonds. The molecule has 1 N–H and O–H groups in total.